The molecule has 0 bridgehead atoms. The summed E-state index contributed by atoms with van der Waals surface area (Å²) < 4.78 is 10.4. The van der Waals surface area contributed by atoms with Crippen molar-refractivity contribution < 1.29 is 50.3 Å². The molecule has 1 aliphatic heterocycles. The van der Waals surface area contributed by atoms with Gasteiger partial charge in [0, 0.05) is 0 Å². The third-order valence-corrected chi connectivity index (χ3v) is 4.02. The Morgan fingerprint density at radius 2 is 1.58 bits per heavy atom. The topological polar surface area (TPSA) is 180 Å². The molecule has 144 valence electrons. The van der Waals surface area contributed by atoms with Gasteiger partial charge in [0.1, 0.15) is 42.7 Å². The van der Waals surface area contributed by atoms with Gasteiger partial charge >= 0.3 is 0 Å². The maximum Gasteiger partial charge on any atom is 0.187 e. The first-order valence-electron chi connectivity index (χ1n) is 7.89. The zero-order valence-corrected chi connectivity index (χ0v) is 13.4. The van der Waals surface area contributed by atoms with Crippen LogP contribution in [-0.2, 0) is 9.47 Å². The highest BCUT2D eigenvalue weighted by atomic mass is 16.7. The standard InChI is InChI=1S/C14H28O10/c1-2-3-6(17)9(19)13(7(18)4-15)24-14-12(22)11(21)10(20)8(5-16)23-14/h6-22H,2-5H2,1H3/t6?,7?,8?,9-,10-,11+,12?,13-,14-/m1/s1. The fourth-order valence-electron chi connectivity index (χ4n) is 2.52. The lowest BCUT2D eigenvalue weighted by atomic mass is 9.97. The van der Waals surface area contributed by atoms with Gasteiger partial charge in [-0.05, 0) is 6.42 Å². The number of hydrogen-bond acceptors (Lipinski definition) is 10. The quantitative estimate of drug-likeness (QED) is 0.203. The number of hydrogen-bond donors (Lipinski definition) is 8. The van der Waals surface area contributed by atoms with Gasteiger partial charge in [0.2, 0.25) is 0 Å². The normalized spacial score (nSPS) is 36.1. The van der Waals surface area contributed by atoms with Crippen molar-refractivity contribution >= 4 is 0 Å². The van der Waals surface area contributed by atoms with Crippen LogP contribution < -0.4 is 0 Å². The molecule has 1 heterocycles. The molecular formula is C14H28O10. The molecule has 10 heteroatoms. The van der Waals surface area contributed by atoms with Crippen molar-refractivity contribution in [3.05, 3.63) is 0 Å². The first kappa shape index (κ1) is 21.6. The summed E-state index contributed by atoms with van der Waals surface area (Å²) in [6.45, 7) is 0.308. The fraction of sp³-hybridized carbons (Fsp3) is 1.00. The molecule has 4 unspecified atom stereocenters. The van der Waals surface area contributed by atoms with E-state index >= 15 is 0 Å². The minimum absolute atomic E-state index is 0.202. The molecule has 1 saturated heterocycles. The Kier molecular flexibility index (Phi) is 8.95. The molecule has 0 amide bonds. The van der Waals surface area contributed by atoms with Crippen LogP contribution in [0.1, 0.15) is 19.8 Å². The van der Waals surface area contributed by atoms with Gasteiger partial charge < -0.3 is 50.3 Å². The molecule has 0 spiro atoms. The van der Waals surface area contributed by atoms with Crippen LogP contribution >= 0.6 is 0 Å². The third-order valence-electron chi connectivity index (χ3n) is 4.02. The van der Waals surface area contributed by atoms with E-state index in [2.05, 4.69) is 0 Å². The molecule has 0 radical (unpaired) electrons. The van der Waals surface area contributed by atoms with Crippen LogP contribution in [0.5, 0.6) is 0 Å². The Balaban J connectivity index is 2.88. The second-order valence-electron chi connectivity index (χ2n) is 5.89. The van der Waals surface area contributed by atoms with E-state index in [1.807, 2.05) is 0 Å². The number of ether oxygens (including phenoxy) is 2. The zero-order chi connectivity index (χ0) is 18.4. The van der Waals surface area contributed by atoms with Gasteiger partial charge in [0.15, 0.2) is 6.29 Å². The molecule has 0 saturated carbocycles. The Morgan fingerprint density at radius 3 is 2.08 bits per heavy atom. The number of rotatable bonds is 9. The Hall–Kier alpha value is -0.400. The summed E-state index contributed by atoms with van der Waals surface area (Å²) in [6, 6.07) is 0. The van der Waals surface area contributed by atoms with Crippen molar-refractivity contribution in [2.45, 2.75) is 74.9 Å². The molecule has 0 aromatic rings. The number of aliphatic hydroxyl groups is 8. The minimum atomic E-state index is -1.73. The predicted octanol–water partition coefficient (Wildman–Crippen LogP) is -3.95. The molecular weight excluding hydrogens is 328 g/mol. The lowest BCUT2D eigenvalue weighted by Crippen LogP contribution is -2.61. The molecule has 24 heavy (non-hydrogen) atoms. The highest BCUT2D eigenvalue weighted by Crippen LogP contribution is 2.25. The third kappa shape index (κ3) is 5.05. The summed E-state index contributed by atoms with van der Waals surface area (Å²) in [5, 5.41) is 77.4. The average Bonchev–Trinajstić information content (AvgIpc) is 2.58. The van der Waals surface area contributed by atoms with Gasteiger partial charge in [-0.25, -0.2) is 0 Å². The van der Waals surface area contributed by atoms with Crippen molar-refractivity contribution in [2.24, 2.45) is 0 Å². The summed E-state index contributed by atoms with van der Waals surface area (Å²) in [4.78, 5) is 0. The Bertz CT molecular complexity index is 354. The molecule has 0 aliphatic carbocycles. The van der Waals surface area contributed by atoms with Crippen LogP contribution in [0, 0.1) is 0 Å². The smallest absolute Gasteiger partial charge is 0.187 e. The maximum absolute atomic E-state index is 10.1. The molecule has 1 fully saturated rings. The van der Waals surface area contributed by atoms with Crippen LogP contribution in [0.15, 0.2) is 0 Å². The summed E-state index contributed by atoms with van der Waals surface area (Å²) >= 11 is 0. The van der Waals surface area contributed by atoms with Gasteiger partial charge in [-0.3, -0.25) is 0 Å². The molecule has 1 aliphatic rings. The first-order valence-corrected chi connectivity index (χ1v) is 7.89. The maximum atomic E-state index is 10.1. The SMILES string of the molecule is CCCC(O)[C@@H](O)[C@H](O[C@H]1OC(CO)[C@@H](O)[C@H](O)C1O)C(O)CO. The zero-order valence-electron chi connectivity index (χ0n) is 13.4. The lowest BCUT2D eigenvalue weighted by molar-refractivity contribution is -0.327. The molecule has 9 atom stereocenters. The second kappa shape index (κ2) is 9.92. The van der Waals surface area contributed by atoms with Crippen LogP contribution in [0.2, 0.25) is 0 Å². The van der Waals surface area contributed by atoms with Crippen LogP contribution in [0.3, 0.4) is 0 Å². The largest absolute Gasteiger partial charge is 0.394 e. The molecule has 10 nitrogen and oxygen atoms in total. The minimum Gasteiger partial charge on any atom is -0.394 e. The van der Waals surface area contributed by atoms with E-state index in [0.29, 0.717) is 6.42 Å². The molecule has 8 N–H and O–H groups in total. The highest BCUT2D eigenvalue weighted by Gasteiger charge is 2.46. The van der Waals surface area contributed by atoms with Gasteiger partial charge in [-0.1, -0.05) is 13.3 Å². The molecule has 0 aromatic heterocycles. The van der Waals surface area contributed by atoms with Crippen molar-refractivity contribution in [3.8, 4) is 0 Å². The predicted molar refractivity (Wildman–Crippen MR) is 78.7 cm³/mol. The van der Waals surface area contributed by atoms with Gasteiger partial charge in [-0.15, -0.1) is 0 Å². The monoisotopic (exact) mass is 356 g/mol. The van der Waals surface area contributed by atoms with Crippen LogP contribution in [0.4, 0.5) is 0 Å². The summed E-state index contributed by atoms with van der Waals surface area (Å²) in [5.41, 5.74) is 0. The number of aliphatic hydroxyl groups excluding tert-OH is 8. The van der Waals surface area contributed by atoms with E-state index in [1.165, 1.54) is 0 Å². The van der Waals surface area contributed by atoms with Gasteiger partial charge in [0.25, 0.3) is 0 Å². The first-order chi connectivity index (χ1) is 11.3. The van der Waals surface area contributed by atoms with E-state index in [0.717, 1.165) is 0 Å². The Morgan fingerprint density at radius 1 is 0.958 bits per heavy atom. The fourth-order valence-corrected chi connectivity index (χ4v) is 2.52. The van der Waals surface area contributed by atoms with Gasteiger partial charge in [-0.2, -0.15) is 0 Å². The average molecular weight is 356 g/mol. The summed E-state index contributed by atoms with van der Waals surface area (Å²) in [5.74, 6) is 0. The summed E-state index contributed by atoms with van der Waals surface area (Å²) in [6.07, 6.45) is -13.1. The van der Waals surface area contributed by atoms with Crippen LogP contribution in [0.25, 0.3) is 0 Å². The van der Waals surface area contributed by atoms with E-state index in [-0.39, 0.29) is 6.42 Å². The highest BCUT2D eigenvalue weighted by molar-refractivity contribution is 4.91. The van der Waals surface area contributed by atoms with Crippen molar-refractivity contribution in [2.75, 3.05) is 13.2 Å². The molecule has 1 rings (SSSR count). The van der Waals surface area contributed by atoms with Crippen LogP contribution in [-0.4, -0.2) is 109 Å². The van der Waals surface area contributed by atoms with E-state index in [9.17, 15) is 30.6 Å². The van der Waals surface area contributed by atoms with E-state index < -0.39 is 68.3 Å². The lowest BCUT2D eigenvalue weighted by Gasteiger charge is -2.42. The van der Waals surface area contributed by atoms with Crippen molar-refractivity contribution in [1.82, 2.24) is 0 Å². The van der Waals surface area contributed by atoms with Crippen molar-refractivity contribution in [1.29, 1.82) is 0 Å². The van der Waals surface area contributed by atoms with Gasteiger partial charge in [0.05, 0.1) is 19.3 Å². The van der Waals surface area contributed by atoms with Crippen molar-refractivity contribution in [3.63, 3.8) is 0 Å². The van der Waals surface area contributed by atoms with E-state index in [4.69, 9.17) is 19.7 Å². The van der Waals surface area contributed by atoms with E-state index in [1.54, 1.807) is 6.92 Å². The molecule has 0 aromatic carbocycles. The summed E-state index contributed by atoms with van der Waals surface area (Å²) in [7, 11) is 0. The Labute approximate surface area is 139 Å². The second-order valence-corrected chi connectivity index (χ2v) is 5.89.